The maximum atomic E-state index is 11.8. The molecule has 0 aliphatic carbocycles. The second-order valence-electron chi connectivity index (χ2n) is 4.24. The molecule has 1 N–H and O–H groups in total. The molecule has 5 nitrogen and oxygen atoms in total. The van der Waals surface area contributed by atoms with E-state index in [0.717, 1.165) is 5.01 Å². The molecule has 0 radical (unpaired) electrons. The Bertz CT molecular complexity index is 533. The van der Waals surface area contributed by atoms with E-state index in [2.05, 4.69) is 5.10 Å². The summed E-state index contributed by atoms with van der Waals surface area (Å²) in [7, 11) is 0. The highest BCUT2D eigenvalue weighted by Gasteiger charge is 2.44. The second-order valence-corrected chi connectivity index (χ2v) is 4.24. The van der Waals surface area contributed by atoms with Gasteiger partial charge >= 0.3 is 0 Å². The van der Waals surface area contributed by atoms with Crippen LogP contribution in [0.25, 0.3) is 0 Å². The summed E-state index contributed by atoms with van der Waals surface area (Å²) >= 11 is 0. The summed E-state index contributed by atoms with van der Waals surface area (Å²) < 4.78 is 0. The average Bonchev–Trinajstić information content (AvgIpc) is 2.68. The SMILES string of the molecule is CC1=NN(C(=O)CC#N)[C@](O)(c2ccccc2)C1. The van der Waals surface area contributed by atoms with Gasteiger partial charge in [0.1, 0.15) is 6.42 Å². The van der Waals surface area contributed by atoms with Crippen LogP contribution >= 0.6 is 0 Å². The van der Waals surface area contributed by atoms with Crippen LogP contribution in [0, 0.1) is 11.3 Å². The Morgan fingerprint density at radius 3 is 2.83 bits per heavy atom. The van der Waals surface area contributed by atoms with Gasteiger partial charge in [-0.3, -0.25) is 4.79 Å². The van der Waals surface area contributed by atoms with Crippen molar-refractivity contribution in [1.82, 2.24) is 5.01 Å². The first kappa shape index (κ1) is 12.3. The van der Waals surface area contributed by atoms with Crippen LogP contribution in [0.2, 0.25) is 0 Å². The quantitative estimate of drug-likeness (QED) is 0.851. The van der Waals surface area contributed by atoms with E-state index in [1.165, 1.54) is 0 Å². The third-order valence-corrected chi connectivity index (χ3v) is 2.83. The van der Waals surface area contributed by atoms with E-state index in [1.807, 2.05) is 6.07 Å². The van der Waals surface area contributed by atoms with Crippen LogP contribution in [0.15, 0.2) is 35.4 Å². The molecular formula is C13H13N3O2. The molecule has 0 spiro atoms. The van der Waals surface area contributed by atoms with Crippen LogP contribution in [0.3, 0.4) is 0 Å². The predicted octanol–water partition coefficient (Wildman–Crippen LogP) is 1.35. The molecule has 2 rings (SSSR count). The topological polar surface area (TPSA) is 76.7 Å². The van der Waals surface area contributed by atoms with E-state index in [1.54, 1.807) is 37.3 Å². The van der Waals surface area contributed by atoms with Gasteiger partial charge in [-0.2, -0.15) is 15.4 Å². The summed E-state index contributed by atoms with van der Waals surface area (Å²) in [5.74, 6) is -0.499. The number of hydrazone groups is 1. The predicted molar refractivity (Wildman–Crippen MR) is 65.1 cm³/mol. The zero-order valence-electron chi connectivity index (χ0n) is 10.00. The highest BCUT2D eigenvalue weighted by atomic mass is 16.3. The number of carbonyl (C=O) groups is 1. The van der Waals surface area contributed by atoms with Gasteiger partial charge in [-0.25, -0.2) is 0 Å². The molecule has 0 saturated heterocycles. The Morgan fingerprint density at radius 1 is 1.56 bits per heavy atom. The zero-order valence-corrected chi connectivity index (χ0v) is 10.00. The average molecular weight is 243 g/mol. The Balaban J connectivity index is 2.38. The lowest BCUT2D eigenvalue weighted by Crippen LogP contribution is -2.43. The van der Waals surface area contributed by atoms with Crippen LogP contribution < -0.4 is 0 Å². The summed E-state index contributed by atoms with van der Waals surface area (Å²) in [6.45, 7) is 1.74. The minimum atomic E-state index is -1.47. The van der Waals surface area contributed by atoms with Gasteiger partial charge in [-0.05, 0) is 6.92 Å². The van der Waals surface area contributed by atoms with Gasteiger partial charge in [0.25, 0.3) is 5.91 Å². The van der Waals surface area contributed by atoms with Crippen molar-refractivity contribution in [3.8, 4) is 6.07 Å². The van der Waals surface area contributed by atoms with Gasteiger partial charge in [0.15, 0.2) is 5.72 Å². The molecule has 1 atom stereocenters. The Kier molecular flexibility index (Phi) is 3.13. The van der Waals surface area contributed by atoms with Crippen LogP contribution in [0.4, 0.5) is 0 Å². The van der Waals surface area contributed by atoms with Crippen molar-refractivity contribution in [3.63, 3.8) is 0 Å². The van der Waals surface area contributed by atoms with Crippen molar-refractivity contribution in [2.24, 2.45) is 5.10 Å². The van der Waals surface area contributed by atoms with Gasteiger partial charge in [-0.15, -0.1) is 0 Å². The van der Waals surface area contributed by atoms with Crippen LogP contribution in [0.5, 0.6) is 0 Å². The monoisotopic (exact) mass is 243 g/mol. The zero-order chi connectivity index (χ0) is 13.2. The second kappa shape index (κ2) is 4.59. The number of carbonyl (C=O) groups excluding carboxylic acids is 1. The van der Waals surface area contributed by atoms with E-state index >= 15 is 0 Å². The van der Waals surface area contributed by atoms with Crippen LogP contribution in [0.1, 0.15) is 25.3 Å². The van der Waals surface area contributed by atoms with Gasteiger partial charge in [-0.1, -0.05) is 30.3 Å². The third kappa shape index (κ3) is 1.98. The number of hydrogen-bond acceptors (Lipinski definition) is 4. The van der Waals surface area contributed by atoms with Crippen molar-refractivity contribution in [2.75, 3.05) is 0 Å². The van der Waals surface area contributed by atoms with Crippen LogP contribution in [-0.4, -0.2) is 21.7 Å². The van der Waals surface area contributed by atoms with Gasteiger partial charge < -0.3 is 5.11 Å². The number of hydrogen-bond donors (Lipinski definition) is 1. The van der Waals surface area contributed by atoms with Crippen LogP contribution in [-0.2, 0) is 10.5 Å². The van der Waals surface area contributed by atoms with Gasteiger partial charge in [0.05, 0.1) is 6.07 Å². The number of nitriles is 1. The summed E-state index contributed by atoms with van der Waals surface area (Å²) in [5, 5.41) is 24.3. The minimum Gasteiger partial charge on any atom is -0.365 e. The first-order valence-electron chi connectivity index (χ1n) is 5.60. The maximum absolute atomic E-state index is 11.8. The fraction of sp³-hybridized carbons (Fsp3) is 0.308. The van der Waals surface area contributed by atoms with Gasteiger partial charge in [0, 0.05) is 17.7 Å². The molecule has 18 heavy (non-hydrogen) atoms. The van der Waals surface area contributed by atoms with Crippen molar-refractivity contribution in [3.05, 3.63) is 35.9 Å². The molecule has 1 aliphatic heterocycles. The summed E-state index contributed by atoms with van der Waals surface area (Å²) in [6.07, 6.45) is -0.0416. The number of rotatable bonds is 2. The Morgan fingerprint density at radius 2 is 2.22 bits per heavy atom. The molecule has 1 aromatic rings. The summed E-state index contributed by atoms with van der Waals surface area (Å²) in [5.41, 5.74) is -0.219. The molecule has 0 saturated carbocycles. The molecular weight excluding hydrogens is 230 g/mol. The van der Waals surface area contributed by atoms with Crippen molar-refractivity contribution >= 4 is 11.6 Å². The largest absolute Gasteiger partial charge is 0.365 e. The molecule has 0 unspecified atom stereocenters. The third-order valence-electron chi connectivity index (χ3n) is 2.83. The van der Waals surface area contributed by atoms with Crippen molar-refractivity contribution in [2.45, 2.75) is 25.5 Å². The lowest BCUT2D eigenvalue weighted by atomic mass is 9.97. The summed E-state index contributed by atoms with van der Waals surface area (Å²) in [6, 6.07) is 10.7. The Labute approximate surface area is 105 Å². The molecule has 1 aromatic carbocycles. The van der Waals surface area contributed by atoms with Crippen molar-refractivity contribution < 1.29 is 9.90 Å². The fourth-order valence-corrected chi connectivity index (χ4v) is 2.05. The van der Waals surface area contributed by atoms with Crippen molar-refractivity contribution in [1.29, 1.82) is 5.26 Å². The molecule has 0 bridgehead atoms. The van der Waals surface area contributed by atoms with E-state index in [9.17, 15) is 9.90 Å². The molecule has 92 valence electrons. The molecule has 0 fully saturated rings. The maximum Gasteiger partial charge on any atom is 0.259 e. The van der Waals surface area contributed by atoms with E-state index in [-0.39, 0.29) is 12.8 Å². The normalized spacial score (nSPS) is 22.5. The lowest BCUT2D eigenvalue weighted by Gasteiger charge is -2.31. The highest BCUT2D eigenvalue weighted by molar-refractivity contribution is 5.89. The minimum absolute atomic E-state index is 0.258. The molecule has 0 aromatic heterocycles. The lowest BCUT2D eigenvalue weighted by molar-refractivity contribution is -0.156. The van der Waals surface area contributed by atoms with E-state index < -0.39 is 11.6 Å². The van der Waals surface area contributed by atoms with Gasteiger partial charge in [0.2, 0.25) is 0 Å². The molecule has 5 heteroatoms. The first-order chi connectivity index (χ1) is 8.58. The number of nitrogens with zero attached hydrogens (tertiary/aromatic N) is 3. The van der Waals surface area contributed by atoms with E-state index in [4.69, 9.17) is 5.26 Å². The number of amides is 1. The number of benzene rings is 1. The molecule has 1 amide bonds. The fourth-order valence-electron chi connectivity index (χ4n) is 2.05. The summed E-state index contributed by atoms with van der Waals surface area (Å²) in [4.78, 5) is 11.8. The number of aliphatic hydroxyl groups is 1. The smallest absolute Gasteiger partial charge is 0.259 e. The molecule has 1 heterocycles. The highest BCUT2D eigenvalue weighted by Crippen LogP contribution is 2.35. The molecule has 1 aliphatic rings. The van der Waals surface area contributed by atoms with E-state index in [0.29, 0.717) is 11.3 Å². The first-order valence-corrected chi connectivity index (χ1v) is 5.60. The standard InChI is InChI=1S/C13H13N3O2/c1-10-9-13(18,11-5-3-2-4-6-11)16(15-10)12(17)7-8-14/h2-6,18H,7,9H2,1H3/t13-/m1/s1. The Hall–Kier alpha value is -2.19.